The van der Waals surface area contributed by atoms with Crippen molar-refractivity contribution in [3.8, 4) is 28.1 Å². The van der Waals surface area contributed by atoms with Crippen molar-refractivity contribution in [2.45, 2.75) is 11.4 Å². The van der Waals surface area contributed by atoms with Gasteiger partial charge in [0.05, 0.1) is 23.9 Å². The van der Waals surface area contributed by atoms with Crippen molar-refractivity contribution in [2.24, 2.45) is 0 Å². The van der Waals surface area contributed by atoms with Crippen molar-refractivity contribution in [2.75, 3.05) is 7.11 Å². The molecule has 0 aliphatic carbocycles. The number of pyridine rings is 1. The number of hydrogen-bond donors (Lipinski definition) is 2. The summed E-state index contributed by atoms with van der Waals surface area (Å²) in [6.07, 6.45) is 5.23. The van der Waals surface area contributed by atoms with Crippen LogP contribution in [0.3, 0.4) is 0 Å². The number of H-pyrrole nitrogens is 1. The van der Waals surface area contributed by atoms with Gasteiger partial charge < -0.3 is 4.74 Å². The van der Waals surface area contributed by atoms with Gasteiger partial charge in [-0.25, -0.2) is 13.1 Å². The van der Waals surface area contributed by atoms with Crippen LogP contribution in [0.25, 0.3) is 22.4 Å². The van der Waals surface area contributed by atoms with Gasteiger partial charge in [-0.05, 0) is 53.6 Å². The zero-order valence-corrected chi connectivity index (χ0v) is 17.1. The lowest BCUT2D eigenvalue weighted by atomic mass is 10.0. The van der Waals surface area contributed by atoms with Gasteiger partial charge in [0.2, 0.25) is 10.0 Å². The zero-order valence-electron chi connectivity index (χ0n) is 16.2. The third-order valence-corrected chi connectivity index (χ3v) is 6.10. The van der Waals surface area contributed by atoms with E-state index in [9.17, 15) is 8.42 Å². The molecule has 0 radical (unpaired) electrons. The number of aromatic amines is 1. The lowest BCUT2D eigenvalue weighted by Gasteiger charge is -2.09. The first-order valence-corrected chi connectivity index (χ1v) is 10.7. The quantitative estimate of drug-likeness (QED) is 0.476. The van der Waals surface area contributed by atoms with Gasteiger partial charge in [-0.3, -0.25) is 10.1 Å². The monoisotopic (exact) mass is 420 g/mol. The minimum absolute atomic E-state index is 0.168. The Morgan fingerprint density at radius 3 is 2.50 bits per heavy atom. The molecule has 4 aromatic rings. The highest BCUT2D eigenvalue weighted by Gasteiger charge is 2.15. The minimum atomic E-state index is -3.63. The number of methoxy groups -OCH3 is 1. The van der Waals surface area contributed by atoms with Crippen LogP contribution < -0.4 is 9.46 Å². The molecule has 0 bridgehead atoms. The smallest absolute Gasteiger partial charge is 0.240 e. The van der Waals surface area contributed by atoms with Crippen LogP contribution in [0.2, 0.25) is 0 Å². The Balaban J connectivity index is 1.54. The second-order valence-electron chi connectivity index (χ2n) is 6.60. The van der Waals surface area contributed by atoms with Gasteiger partial charge >= 0.3 is 0 Å². The molecule has 0 aliphatic rings. The number of ether oxygens (including phenoxy) is 1. The fourth-order valence-corrected chi connectivity index (χ4v) is 4.13. The molecule has 0 fully saturated rings. The van der Waals surface area contributed by atoms with Gasteiger partial charge in [-0.1, -0.05) is 18.2 Å². The summed E-state index contributed by atoms with van der Waals surface area (Å²) in [6.45, 7) is 0.168. The number of aromatic nitrogens is 3. The molecule has 7 nitrogen and oxygen atoms in total. The molecule has 0 spiro atoms. The van der Waals surface area contributed by atoms with E-state index in [0.29, 0.717) is 5.75 Å². The number of rotatable bonds is 7. The normalized spacial score (nSPS) is 11.4. The van der Waals surface area contributed by atoms with Crippen LogP contribution in [-0.4, -0.2) is 30.7 Å². The van der Waals surface area contributed by atoms with Crippen LogP contribution in [-0.2, 0) is 16.6 Å². The van der Waals surface area contributed by atoms with Crippen molar-refractivity contribution >= 4 is 10.0 Å². The Bertz CT molecular complexity index is 1240. The van der Waals surface area contributed by atoms with Gasteiger partial charge in [-0.15, -0.1) is 0 Å². The molecule has 0 amide bonds. The standard InChI is InChI=1S/C22H20N4O3S/c1-29-19-5-7-20(8-6-19)30(27,28)25-14-16-3-2-4-18(13-16)22-21(15-24-26-22)17-9-11-23-12-10-17/h2-13,15,25H,14H2,1H3,(H,24,26). The van der Waals surface area contributed by atoms with Crippen molar-refractivity contribution in [3.63, 3.8) is 0 Å². The van der Waals surface area contributed by atoms with E-state index in [-0.39, 0.29) is 11.4 Å². The largest absolute Gasteiger partial charge is 0.497 e. The molecule has 152 valence electrons. The summed E-state index contributed by atoms with van der Waals surface area (Å²) in [5, 5.41) is 7.21. The number of nitrogens with one attached hydrogen (secondary N) is 2. The highest BCUT2D eigenvalue weighted by molar-refractivity contribution is 7.89. The molecule has 2 aromatic heterocycles. The molecule has 2 aromatic carbocycles. The molecule has 0 saturated carbocycles. The third-order valence-electron chi connectivity index (χ3n) is 4.68. The first kappa shape index (κ1) is 19.8. The molecule has 0 atom stereocenters. The molecule has 0 aliphatic heterocycles. The summed E-state index contributed by atoms with van der Waals surface area (Å²) in [4.78, 5) is 4.24. The van der Waals surface area contributed by atoms with Gasteiger partial charge in [0.1, 0.15) is 5.75 Å². The number of sulfonamides is 1. The van der Waals surface area contributed by atoms with Crippen molar-refractivity contribution in [1.29, 1.82) is 0 Å². The number of nitrogens with zero attached hydrogens (tertiary/aromatic N) is 2. The van der Waals surface area contributed by atoms with Crippen LogP contribution in [0, 0.1) is 0 Å². The van der Waals surface area contributed by atoms with Crippen LogP contribution >= 0.6 is 0 Å². The van der Waals surface area contributed by atoms with E-state index in [1.165, 1.54) is 19.2 Å². The Morgan fingerprint density at radius 2 is 1.77 bits per heavy atom. The maximum Gasteiger partial charge on any atom is 0.240 e. The van der Waals surface area contributed by atoms with Gasteiger partial charge in [0.15, 0.2) is 0 Å². The topological polar surface area (TPSA) is 97.0 Å². The SMILES string of the molecule is COc1ccc(S(=O)(=O)NCc2cccc(-c3[nH]ncc3-c3ccncc3)c2)cc1. The zero-order chi connectivity index (χ0) is 21.0. The molecule has 2 heterocycles. The lowest BCUT2D eigenvalue weighted by molar-refractivity contribution is 0.414. The summed E-state index contributed by atoms with van der Waals surface area (Å²) in [6, 6.07) is 17.8. The molecular weight excluding hydrogens is 400 g/mol. The summed E-state index contributed by atoms with van der Waals surface area (Å²) < 4.78 is 32.9. The predicted octanol–water partition coefficient (Wildman–Crippen LogP) is 3.63. The van der Waals surface area contributed by atoms with Gasteiger partial charge in [-0.2, -0.15) is 5.10 Å². The van der Waals surface area contributed by atoms with Crippen molar-refractivity contribution < 1.29 is 13.2 Å². The minimum Gasteiger partial charge on any atom is -0.497 e. The van der Waals surface area contributed by atoms with E-state index in [2.05, 4.69) is 19.9 Å². The van der Waals surface area contributed by atoms with E-state index in [1.807, 2.05) is 36.4 Å². The Labute approximate surface area is 174 Å². The highest BCUT2D eigenvalue weighted by atomic mass is 32.2. The van der Waals surface area contributed by atoms with Gasteiger partial charge in [0, 0.05) is 30.1 Å². The number of hydrogen-bond acceptors (Lipinski definition) is 5. The summed E-state index contributed by atoms with van der Waals surface area (Å²) >= 11 is 0. The van der Waals surface area contributed by atoms with Crippen LogP contribution in [0.15, 0.2) is 84.1 Å². The van der Waals surface area contributed by atoms with E-state index >= 15 is 0 Å². The molecule has 4 rings (SSSR count). The fraction of sp³-hybridized carbons (Fsp3) is 0.0909. The Morgan fingerprint density at radius 1 is 1.00 bits per heavy atom. The molecule has 0 saturated heterocycles. The Hall–Kier alpha value is -3.49. The third kappa shape index (κ3) is 4.24. The van der Waals surface area contributed by atoms with E-state index < -0.39 is 10.0 Å². The molecule has 2 N–H and O–H groups in total. The summed E-state index contributed by atoms with van der Waals surface area (Å²) in [5.74, 6) is 0.603. The lowest BCUT2D eigenvalue weighted by Crippen LogP contribution is -2.23. The second kappa shape index (κ2) is 8.48. The van der Waals surface area contributed by atoms with Crippen molar-refractivity contribution in [1.82, 2.24) is 19.9 Å². The molecule has 30 heavy (non-hydrogen) atoms. The van der Waals surface area contributed by atoms with Crippen LogP contribution in [0.1, 0.15) is 5.56 Å². The summed E-state index contributed by atoms with van der Waals surface area (Å²) in [7, 11) is -2.10. The van der Waals surface area contributed by atoms with Gasteiger partial charge in [0.25, 0.3) is 0 Å². The first-order valence-electron chi connectivity index (χ1n) is 9.23. The second-order valence-corrected chi connectivity index (χ2v) is 8.36. The average molecular weight is 420 g/mol. The predicted molar refractivity (Wildman–Crippen MR) is 114 cm³/mol. The van der Waals surface area contributed by atoms with Crippen molar-refractivity contribution in [3.05, 3.63) is 84.8 Å². The van der Waals surface area contributed by atoms with E-state index in [4.69, 9.17) is 4.74 Å². The maximum atomic E-state index is 12.6. The molecule has 0 unspecified atom stereocenters. The average Bonchev–Trinajstić information content (AvgIpc) is 3.29. The fourth-order valence-electron chi connectivity index (χ4n) is 3.11. The summed E-state index contributed by atoms with van der Waals surface area (Å²) in [5.41, 5.74) is 4.56. The highest BCUT2D eigenvalue weighted by Crippen LogP contribution is 2.30. The van der Waals surface area contributed by atoms with E-state index in [1.54, 1.807) is 30.7 Å². The van der Waals surface area contributed by atoms with Crippen LogP contribution in [0.4, 0.5) is 0 Å². The first-order chi connectivity index (χ1) is 14.6. The maximum absolute atomic E-state index is 12.6. The van der Waals surface area contributed by atoms with E-state index in [0.717, 1.165) is 27.9 Å². The number of benzene rings is 2. The Kier molecular flexibility index (Phi) is 5.60. The molecular formula is C22H20N4O3S. The molecule has 8 heteroatoms. The van der Waals surface area contributed by atoms with Crippen LogP contribution in [0.5, 0.6) is 5.75 Å².